The van der Waals surface area contributed by atoms with Gasteiger partial charge in [0, 0.05) is 18.5 Å². The number of fused-ring (bicyclic) bond motifs is 1. The van der Waals surface area contributed by atoms with Gasteiger partial charge in [-0.05, 0) is 18.6 Å². The van der Waals surface area contributed by atoms with Gasteiger partial charge in [-0.25, -0.2) is 12.8 Å². The quantitative estimate of drug-likeness (QED) is 0.907. The zero-order chi connectivity index (χ0) is 15.2. The lowest BCUT2D eigenvalue weighted by molar-refractivity contribution is 0.0933. The van der Waals surface area contributed by atoms with E-state index in [9.17, 15) is 17.6 Å². The Hall–Kier alpha value is -1.89. The van der Waals surface area contributed by atoms with Crippen LogP contribution in [0.3, 0.4) is 0 Å². The summed E-state index contributed by atoms with van der Waals surface area (Å²) in [4.78, 5) is 12.3. The maximum atomic E-state index is 13.8. The normalized spacial score (nSPS) is 20.8. The minimum absolute atomic E-state index is 0.0307. The largest absolute Gasteiger partial charge is 0.347 e. The Balaban J connectivity index is 1.89. The van der Waals surface area contributed by atoms with E-state index in [0.29, 0.717) is 23.0 Å². The Bertz CT molecular complexity index is 826. The predicted octanol–water partition coefficient (Wildman–Crippen LogP) is 1.23. The SMILES string of the molecule is Cn1c(C(=O)NC2CCS(=O)(=O)C2)cc2cccc(F)c21. The van der Waals surface area contributed by atoms with E-state index in [2.05, 4.69) is 5.32 Å². The van der Waals surface area contributed by atoms with Crippen molar-refractivity contribution in [2.45, 2.75) is 12.5 Å². The number of halogens is 1. The molecule has 0 saturated carbocycles. The number of rotatable bonds is 2. The second-order valence-electron chi connectivity index (χ2n) is 5.34. The first-order valence-electron chi connectivity index (χ1n) is 6.62. The molecule has 2 aromatic rings. The number of carbonyl (C=O) groups excluding carboxylic acids is 1. The van der Waals surface area contributed by atoms with Crippen LogP contribution < -0.4 is 5.32 Å². The van der Waals surface area contributed by atoms with E-state index in [1.807, 2.05) is 0 Å². The van der Waals surface area contributed by atoms with Gasteiger partial charge < -0.3 is 9.88 Å². The molecule has 3 rings (SSSR count). The molecule has 1 atom stereocenters. The summed E-state index contributed by atoms with van der Waals surface area (Å²) in [7, 11) is -1.43. The van der Waals surface area contributed by atoms with Crippen molar-refractivity contribution in [3.8, 4) is 0 Å². The molecule has 2 heterocycles. The summed E-state index contributed by atoms with van der Waals surface area (Å²) in [6.07, 6.45) is 0.423. The van der Waals surface area contributed by atoms with Gasteiger partial charge in [0.25, 0.3) is 5.91 Å². The van der Waals surface area contributed by atoms with E-state index in [0.717, 1.165) is 0 Å². The zero-order valence-corrected chi connectivity index (χ0v) is 12.3. The lowest BCUT2D eigenvalue weighted by Gasteiger charge is -2.11. The number of para-hydroxylation sites is 1. The lowest BCUT2D eigenvalue weighted by atomic mass is 10.2. The summed E-state index contributed by atoms with van der Waals surface area (Å²) >= 11 is 0. The molecule has 1 N–H and O–H groups in total. The summed E-state index contributed by atoms with van der Waals surface area (Å²) in [5, 5.41) is 3.35. The average molecular weight is 310 g/mol. The van der Waals surface area contributed by atoms with Crippen LogP contribution >= 0.6 is 0 Å². The van der Waals surface area contributed by atoms with Crippen molar-refractivity contribution in [1.29, 1.82) is 0 Å². The molecular formula is C14H15FN2O3S. The number of sulfone groups is 1. The summed E-state index contributed by atoms with van der Waals surface area (Å²) < 4.78 is 38.1. The highest BCUT2D eigenvalue weighted by Gasteiger charge is 2.29. The molecule has 5 nitrogen and oxygen atoms in total. The molecule has 0 spiro atoms. The van der Waals surface area contributed by atoms with Crippen molar-refractivity contribution in [2.75, 3.05) is 11.5 Å². The molecule has 1 aliphatic rings. The van der Waals surface area contributed by atoms with E-state index >= 15 is 0 Å². The second kappa shape index (κ2) is 4.84. The Labute approximate surface area is 121 Å². The molecule has 1 unspecified atom stereocenters. The average Bonchev–Trinajstić information content (AvgIpc) is 2.91. The van der Waals surface area contributed by atoms with Crippen LogP contribution in [0.2, 0.25) is 0 Å². The zero-order valence-electron chi connectivity index (χ0n) is 11.5. The first kappa shape index (κ1) is 14.1. The highest BCUT2D eigenvalue weighted by atomic mass is 32.2. The maximum absolute atomic E-state index is 13.8. The molecule has 112 valence electrons. The van der Waals surface area contributed by atoms with Crippen LogP contribution in [0.1, 0.15) is 16.9 Å². The summed E-state index contributed by atoms with van der Waals surface area (Å²) in [5.74, 6) is -0.702. The van der Waals surface area contributed by atoms with Crippen molar-refractivity contribution in [1.82, 2.24) is 9.88 Å². The smallest absolute Gasteiger partial charge is 0.268 e. The molecule has 1 aromatic heterocycles. The van der Waals surface area contributed by atoms with Gasteiger partial charge in [0.1, 0.15) is 11.5 Å². The molecule has 7 heteroatoms. The number of aromatic nitrogens is 1. The van der Waals surface area contributed by atoms with Crippen molar-refractivity contribution < 1.29 is 17.6 Å². The fourth-order valence-corrected chi connectivity index (χ4v) is 4.43. The van der Waals surface area contributed by atoms with E-state index in [1.54, 1.807) is 25.2 Å². The summed E-state index contributed by atoms with van der Waals surface area (Å²) in [5.41, 5.74) is 0.682. The van der Waals surface area contributed by atoms with Crippen LogP contribution in [0.4, 0.5) is 4.39 Å². The number of amides is 1. The van der Waals surface area contributed by atoms with Gasteiger partial charge in [0.2, 0.25) is 0 Å². The molecule has 1 amide bonds. The third-order valence-electron chi connectivity index (χ3n) is 3.81. The van der Waals surface area contributed by atoms with Gasteiger partial charge in [-0.2, -0.15) is 0 Å². The monoisotopic (exact) mass is 310 g/mol. The molecule has 1 aromatic carbocycles. The van der Waals surface area contributed by atoms with Gasteiger partial charge >= 0.3 is 0 Å². The van der Waals surface area contributed by atoms with Gasteiger partial charge in [-0.3, -0.25) is 4.79 Å². The van der Waals surface area contributed by atoms with Crippen LogP contribution in [0.5, 0.6) is 0 Å². The second-order valence-corrected chi connectivity index (χ2v) is 7.57. The number of hydrogen-bond acceptors (Lipinski definition) is 3. The van der Waals surface area contributed by atoms with Crippen LogP contribution in [-0.2, 0) is 16.9 Å². The maximum Gasteiger partial charge on any atom is 0.268 e. The molecule has 1 aliphatic heterocycles. The van der Waals surface area contributed by atoms with Crippen molar-refractivity contribution in [3.63, 3.8) is 0 Å². The Kier molecular flexibility index (Phi) is 3.24. The Morgan fingerprint density at radius 1 is 1.43 bits per heavy atom. The van der Waals surface area contributed by atoms with Crippen LogP contribution in [0.25, 0.3) is 10.9 Å². The van der Waals surface area contributed by atoms with Gasteiger partial charge in [-0.1, -0.05) is 12.1 Å². The van der Waals surface area contributed by atoms with Crippen molar-refractivity contribution in [3.05, 3.63) is 35.8 Å². The van der Waals surface area contributed by atoms with E-state index < -0.39 is 15.7 Å². The molecule has 0 radical (unpaired) electrons. The van der Waals surface area contributed by atoms with Crippen molar-refractivity contribution in [2.24, 2.45) is 7.05 Å². The number of nitrogens with zero attached hydrogens (tertiary/aromatic N) is 1. The predicted molar refractivity (Wildman–Crippen MR) is 77.4 cm³/mol. The number of hydrogen-bond donors (Lipinski definition) is 1. The van der Waals surface area contributed by atoms with Crippen LogP contribution in [-0.4, -0.2) is 36.4 Å². The van der Waals surface area contributed by atoms with Crippen molar-refractivity contribution >= 4 is 26.6 Å². The summed E-state index contributed by atoms with van der Waals surface area (Å²) in [6, 6.07) is 5.90. The first-order valence-corrected chi connectivity index (χ1v) is 8.45. The van der Waals surface area contributed by atoms with E-state index in [1.165, 1.54) is 10.6 Å². The van der Waals surface area contributed by atoms with E-state index in [-0.39, 0.29) is 23.5 Å². The van der Waals surface area contributed by atoms with E-state index in [4.69, 9.17) is 0 Å². The Morgan fingerprint density at radius 2 is 2.19 bits per heavy atom. The molecule has 0 aliphatic carbocycles. The molecule has 1 fully saturated rings. The fraction of sp³-hybridized carbons (Fsp3) is 0.357. The van der Waals surface area contributed by atoms with Gasteiger partial charge in [0.15, 0.2) is 9.84 Å². The Morgan fingerprint density at radius 3 is 2.81 bits per heavy atom. The van der Waals surface area contributed by atoms with Gasteiger partial charge in [0.05, 0.1) is 17.0 Å². The highest BCUT2D eigenvalue weighted by Crippen LogP contribution is 2.22. The number of benzene rings is 1. The number of carbonyl (C=O) groups is 1. The lowest BCUT2D eigenvalue weighted by Crippen LogP contribution is -2.36. The molecular weight excluding hydrogens is 295 g/mol. The third-order valence-corrected chi connectivity index (χ3v) is 5.58. The van der Waals surface area contributed by atoms with Gasteiger partial charge in [-0.15, -0.1) is 0 Å². The van der Waals surface area contributed by atoms with Crippen LogP contribution in [0.15, 0.2) is 24.3 Å². The third kappa shape index (κ3) is 2.53. The first-order chi connectivity index (χ1) is 9.87. The molecule has 0 bridgehead atoms. The van der Waals surface area contributed by atoms with Crippen LogP contribution in [0, 0.1) is 5.82 Å². The highest BCUT2D eigenvalue weighted by molar-refractivity contribution is 7.91. The molecule has 21 heavy (non-hydrogen) atoms. The standard InChI is InChI=1S/C14H15FN2O3S/c1-17-12(7-9-3-2-4-11(15)13(9)17)14(18)16-10-5-6-21(19,20)8-10/h2-4,7,10H,5-6,8H2,1H3,(H,16,18). The fourth-order valence-electron chi connectivity index (χ4n) is 2.75. The molecule has 1 saturated heterocycles. The minimum atomic E-state index is -3.05. The topological polar surface area (TPSA) is 68.2 Å². The summed E-state index contributed by atoms with van der Waals surface area (Å²) in [6.45, 7) is 0. The number of aryl methyl sites for hydroxylation is 1. The minimum Gasteiger partial charge on any atom is -0.347 e. The number of nitrogens with one attached hydrogen (secondary N) is 1.